The van der Waals surface area contributed by atoms with Gasteiger partial charge in [-0.05, 0) is 31.2 Å². The molecule has 106 valence electrons. The van der Waals surface area contributed by atoms with Gasteiger partial charge in [0.05, 0.1) is 5.56 Å². The van der Waals surface area contributed by atoms with Gasteiger partial charge in [-0.25, -0.2) is 0 Å². The lowest BCUT2D eigenvalue weighted by molar-refractivity contribution is 0.0942. The SMILES string of the molecule is CCCC(CCO)CNC(=O)c1c[nH]c(=O)cc1C. The Kier molecular flexibility index (Phi) is 6.29. The molecule has 3 N–H and O–H groups in total. The van der Waals surface area contributed by atoms with Crippen LogP contribution in [0, 0.1) is 12.8 Å². The van der Waals surface area contributed by atoms with Gasteiger partial charge in [-0.2, -0.15) is 0 Å². The molecule has 0 bridgehead atoms. The van der Waals surface area contributed by atoms with Crippen molar-refractivity contribution in [3.05, 3.63) is 33.7 Å². The van der Waals surface area contributed by atoms with E-state index in [-0.39, 0.29) is 18.1 Å². The lowest BCUT2D eigenvalue weighted by atomic mass is 10.00. The molecule has 1 heterocycles. The predicted octanol–water partition coefficient (Wildman–Crippen LogP) is 1.21. The van der Waals surface area contributed by atoms with E-state index in [2.05, 4.69) is 17.2 Å². The first-order valence-electron chi connectivity index (χ1n) is 6.66. The second-order valence-corrected chi connectivity index (χ2v) is 4.77. The van der Waals surface area contributed by atoms with Crippen molar-refractivity contribution < 1.29 is 9.90 Å². The molecule has 0 fully saturated rings. The number of aromatic amines is 1. The topological polar surface area (TPSA) is 82.2 Å². The van der Waals surface area contributed by atoms with Crippen LogP contribution >= 0.6 is 0 Å². The lowest BCUT2D eigenvalue weighted by Gasteiger charge is -2.16. The molecule has 5 nitrogen and oxygen atoms in total. The first kappa shape index (κ1) is 15.4. The van der Waals surface area contributed by atoms with Gasteiger partial charge < -0.3 is 15.4 Å². The molecule has 1 aromatic heterocycles. The van der Waals surface area contributed by atoms with Crippen molar-refractivity contribution in [1.29, 1.82) is 0 Å². The molecule has 0 saturated heterocycles. The fraction of sp³-hybridized carbons (Fsp3) is 0.571. The molecular weight excluding hydrogens is 244 g/mol. The van der Waals surface area contributed by atoms with Gasteiger partial charge in [0.2, 0.25) is 5.56 Å². The first-order valence-corrected chi connectivity index (χ1v) is 6.66. The monoisotopic (exact) mass is 266 g/mol. The number of nitrogens with one attached hydrogen (secondary N) is 2. The Hall–Kier alpha value is -1.62. The third-order valence-electron chi connectivity index (χ3n) is 3.16. The minimum Gasteiger partial charge on any atom is -0.396 e. The fourth-order valence-corrected chi connectivity index (χ4v) is 2.09. The van der Waals surface area contributed by atoms with Crippen LogP contribution in [-0.2, 0) is 0 Å². The van der Waals surface area contributed by atoms with E-state index in [0.29, 0.717) is 30.0 Å². The average molecular weight is 266 g/mol. The van der Waals surface area contributed by atoms with Crippen molar-refractivity contribution >= 4 is 5.91 Å². The maximum atomic E-state index is 12.0. The van der Waals surface area contributed by atoms with Gasteiger partial charge in [0, 0.05) is 25.4 Å². The zero-order valence-corrected chi connectivity index (χ0v) is 11.5. The van der Waals surface area contributed by atoms with Crippen LogP contribution in [0.2, 0.25) is 0 Å². The Bertz CT molecular complexity index is 462. The Morgan fingerprint density at radius 2 is 2.21 bits per heavy atom. The quantitative estimate of drug-likeness (QED) is 0.694. The molecule has 19 heavy (non-hydrogen) atoms. The number of aliphatic hydroxyl groups is 1. The van der Waals surface area contributed by atoms with Crippen molar-refractivity contribution in [2.24, 2.45) is 5.92 Å². The van der Waals surface area contributed by atoms with E-state index >= 15 is 0 Å². The van der Waals surface area contributed by atoms with Crippen LogP contribution in [0.4, 0.5) is 0 Å². The third kappa shape index (κ3) is 4.87. The number of hydrogen-bond donors (Lipinski definition) is 3. The predicted molar refractivity (Wildman–Crippen MR) is 74.2 cm³/mol. The first-order chi connectivity index (χ1) is 9.08. The zero-order chi connectivity index (χ0) is 14.3. The standard InChI is InChI=1S/C14H22N2O3/c1-3-4-11(5-6-17)8-16-14(19)12-9-15-13(18)7-10(12)2/h7,9,11,17H,3-6,8H2,1-2H3,(H,15,18)(H,16,19). The van der Waals surface area contributed by atoms with Crippen molar-refractivity contribution in [3.8, 4) is 0 Å². The zero-order valence-electron chi connectivity index (χ0n) is 11.5. The smallest absolute Gasteiger partial charge is 0.253 e. The number of pyridine rings is 1. The Labute approximate surface area is 113 Å². The van der Waals surface area contributed by atoms with Crippen molar-refractivity contribution in [2.75, 3.05) is 13.2 Å². The number of carbonyl (C=O) groups is 1. The van der Waals surface area contributed by atoms with Gasteiger partial charge in [0.25, 0.3) is 5.91 Å². The highest BCUT2D eigenvalue weighted by Gasteiger charge is 2.12. The number of rotatable bonds is 7. The van der Waals surface area contributed by atoms with E-state index in [9.17, 15) is 9.59 Å². The summed E-state index contributed by atoms with van der Waals surface area (Å²) in [6.45, 7) is 4.50. The highest BCUT2D eigenvalue weighted by atomic mass is 16.3. The second-order valence-electron chi connectivity index (χ2n) is 4.77. The average Bonchev–Trinajstić information content (AvgIpc) is 2.36. The summed E-state index contributed by atoms with van der Waals surface area (Å²) in [5.74, 6) is 0.106. The number of H-pyrrole nitrogens is 1. The molecule has 0 saturated carbocycles. The highest BCUT2D eigenvalue weighted by Crippen LogP contribution is 2.10. The van der Waals surface area contributed by atoms with Crippen LogP contribution in [-0.4, -0.2) is 29.1 Å². The molecule has 1 amide bonds. The summed E-state index contributed by atoms with van der Waals surface area (Å²) in [6.07, 6.45) is 4.14. The normalized spacial score (nSPS) is 12.2. The number of aromatic nitrogens is 1. The van der Waals surface area contributed by atoms with Gasteiger partial charge in [-0.1, -0.05) is 13.3 Å². The Morgan fingerprint density at radius 3 is 2.79 bits per heavy atom. The van der Waals surface area contributed by atoms with Crippen LogP contribution in [0.15, 0.2) is 17.1 Å². The summed E-state index contributed by atoms with van der Waals surface area (Å²) < 4.78 is 0. The van der Waals surface area contributed by atoms with Gasteiger partial charge in [0.15, 0.2) is 0 Å². The minimum absolute atomic E-state index is 0.137. The minimum atomic E-state index is -0.210. The Balaban J connectivity index is 2.61. The van der Waals surface area contributed by atoms with Crippen LogP contribution < -0.4 is 10.9 Å². The van der Waals surface area contributed by atoms with E-state index in [0.717, 1.165) is 12.8 Å². The molecule has 1 atom stereocenters. The van der Waals surface area contributed by atoms with E-state index in [1.807, 2.05) is 0 Å². The molecular formula is C14H22N2O3. The largest absolute Gasteiger partial charge is 0.396 e. The van der Waals surface area contributed by atoms with Crippen molar-refractivity contribution in [1.82, 2.24) is 10.3 Å². The van der Waals surface area contributed by atoms with E-state index in [1.165, 1.54) is 12.3 Å². The number of carbonyl (C=O) groups excluding carboxylic acids is 1. The maximum Gasteiger partial charge on any atom is 0.253 e. The van der Waals surface area contributed by atoms with Crippen molar-refractivity contribution in [3.63, 3.8) is 0 Å². The summed E-state index contributed by atoms with van der Waals surface area (Å²) in [5, 5.41) is 11.8. The number of amides is 1. The van der Waals surface area contributed by atoms with Crippen LogP contribution in [0.5, 0.6) is 0 Å². The van der Waals surface area contributed by atoms with E-state index < -0.39 is 0 Å². The van der Waals surface area contributed by atoms with Crippen LogP contribution in [0.1, 0.15) is 42.1 Å². The fourth-order valence-electron chi connectivity index (χ4n) is 2.09. The summed E-state index contributed by atoms with van der Waals surface area (Å²) in [4.78, 5) is 25.6. The molecule has 0 aliphatic carbocycles. The van der Waals surface area contributed by atoms with Crippen LogP contribution in [0.3, 0.4) is 0 Å². The number of aryl methyl sites for hydroxylation is 1. The van der Waals surface area contributed by atoms with Gasteiger partial charge in [-0.15, -0.1) is 0 Å². The summed E-state index contributed by atoms with van der Waals surface area (Å²) in [7, 11) is 0. The molecule has 0 aliphatic heterocycles. The number of aliphatic hydroxyl groups excluding tert-OH is 1. The summed E-state index contributed by atoms with van der Waals surface area (Å²) >= 11 is 0. The van der Waals surface area contributed by atoms with Crippen LogP contribution in [0.25, 0.3) is 0 Å². The maximum absolute atomic E-state index is 12.0. The molecule has 0 aliphatic rings. The summed E-state index contributed by atoms with van der Waals surface area (Å²) in [6, 6.07) is 1.41. The summed E-state index contributed by atoms with van der Waals surface area (Å²) in [5.41, 5.74) is 0.937. The number of hydrogen-bond acceptors (Lipinski definition) is 3. The molecule has 0 radical (unpaired) electrons. The molecule has 5 heteroatoms. The van der Waals surface area contributed by atoms with Gasteiger partial charge in [0.1, 0.15) is 0 Å². The van der Waals surface area contributed by atoms with E-state index in [1.54, 1.807) is 6.92 Å². The molecule has 1 unspecified atom stereocenters. The van der Waals surface area contributed by atoms with Gasteiger partial charge in [-0.3, -0.25) is 9.59 Å². The molecule has 0 aromatic carbocycles. The second kappa shape index (κ2) is 7.74. The highest BCUT2D eigenvalue weighted by molar-refractivity contribution is 5.95. The lowest BCUT2D eigenvalue weighted by Crippen LogP contribution is -2.30. The van der Waals surface area contributed by atoms with E-state index in [4.69, 9.17) is 5.11 Å². The third-order valence-corrected chi connectivity index (χ3v) is 3.16. The molecule has 1 rings (SSSR count). The Morgan fingerprint density at radius 1 is 1.47 bits per heavy atom. The molecule has 1 aromatic rings. The molecule has 0 spiro atoms. The van der Waals surface area contributed by atoms with Gasteiger partial charge >= 0.3 is 0 Å². The van der Waals surface area contributed by atoms with Crippen molar-refractivity contribution in [2.45, 2.75) is 33.1 Å².